The highest BCUT2D eigenvalue weighted by atomic mass is 16.5. The lowest BCUT2D eigenvalue weighted by atomic mass is 9.83. The molecule has 110 valence electrons. The molecule has 1 aromatic rings. The molecule has 1 fully saturated rings. The molecule has 2 rings (SSSR count). The standard InChI is InChI=1S/C16H24N2O2/c1-10-8-15(20-4)11(2)7-13(10)12-5-6-18-14(9-12)16(19)17-3/h7-8,12,14,18H,5-6,9H2,1-4H3,(H,17,19). The van der Waals surface area contributed by atoms with Gasteiger partial charge in [0.1, 0.15) is 5.75 Å². The number of nitrogens with one attached hydrogen (secondary N) is 2. The van der Waals surface area contributed by atoms with E-state index in [4.69, 9.17) is 4.74 Å². The summed E-state index contributed by atoms with van der Waals surface area (Å²) in [6, 6.07) is 4.23. The maximum absolute atomic E-state index is 11.8. The number of amides is 1. The summed E-state index contributed by atoms with van der Waals surface area (Å²) in [5.41, 5.74) is 3.75. The smallest absolute Gasteiger partial charge is 0.236 e. The zero-order chi connectivity index (χ0) is 14.7. The molecule has 0 radical (unpaired) electrons. The molecule has 0 spiro atoms. The molecule has 4 nitrogen and oxygen atoms in total. The Morgan fingerprint density at radius 3 is 2.75 bits per heavy atom. The van der Waals surface area contributed by atoms with E-state index < -0.39 is 0 Å². The van der Waals surface area contributed by atoms with Gasteiger partial charge in [0.05, 0.1) is 13.2 Å². The number of methoxy groups -OCH3 is 1. The first-order chi connectivity index (χ1) is 9.56. The second kappa shape index (κ2) is 6.27. The van der Waals surface area contributed by atoms with E-state index in [1.807, 2.05) is 0 Å². The first-order valence-electron chi connectivity index (χ1n) is 7.17. The minimum Gasteiger partial charge on any atom is -0.496 e. The van der Waals surface area contributed by atoms with Crippen molar-refractivity contribution in [1.82, 2.24) is 10.6 Å². The van der Waals surface area contributed by atoms with E-state index in [2.05, 4.69) is 36.6 Å². The summed E-state index contributed by atoms with van der Waals surface area (Å²) in [5, 5.41) is 6.02. The van der Waals surface area contributed by atoms with Gasteiger partial charge in [-0.15, -0.1) is 0 Å². The molecule has 4 heteroatoms. The van der Waals surface area contributed by atoms with Crippen LogP contribution in [0.3, 0.4) is 0 Å². The van der Waals surface area contributed by atoms with Crippen LogP contribution in [0.5, 0.6) is 5.75 Å². The Morgan fingerprint density at radius 1 is 1.35 bits per heavy atom. The third-order valence-electron chi connectivity index (χ3n) is 4.19. The van der Waals surface area contributed by atoms with Crippen LogP contribution < -0.4 is 15.4 Å². The number of piperidine rings is 1. The maximum atomic E-state index is 11.8. The van der Waals surface area contributed by atoms with Gasteiger partial charge in [-0.2, -0.15) is 0 Å². The van der Waals surface area contributed by atoms with Crippen molar-refractivity contribution in [1.29, 1.82) is 0 Å². The summed E-state index contributed by atoms with van der Waals surface area (Å²) < 4.78 is 5.37. The summed E-state index contributed by atoms with van der Waals surface area (Å²) in [6.45, 7) is 5.07. The average molecular weight is 276 g/mol. The molecule has 1 amide bonds. The van der Waals surface area contributed by atoms with Crippen LogP contribution in [0.1, 0.15) is 35.4 Å². The Hall–Kier alpha value is -1.55. The number of carbonyl (C=O) groups is 1. The maximum Gasteiger partial charge on any atom is 0.236 e. The monoisotopic (exact) mass is 276 g/mol. The van der Waals surface area contributed by atoms with Crippen LogP contribution in [0.4, 0.5) is 0 Å². The molecule has 0 bridgehead atoms. The Kier molecular flexibility index (Phi) is 4.65. The van der Waals surface area contributed by atoms with E-state index >= 15 is 0 Å². The highest BCUT2D eigenvalue weighted by Gasteiger charge is 2.28. The molecule has 2 atom stereocenters. The van der Waals surface area contributed by atoms with Gasteiger partial charge in [-0.3, -0.25) is 4.79 Å². The zero-order valence-corrected chi connectivity index (χ0v) is 12.7. The van der Waals surface area contributed by atoms with Crippen molar-refractivity contribution >= 4 is 5.91 Å². The third kappa shape index (κ3) is 2.96. The van der Waals surface area contributed by atoms with Gasteiger partial charge in [-0.05, 0) is 61.9 Å². The highest BCUT2D eigenvalue weighted by molar-refractivity contribution is 5.81. The van der Waals surface area contributed by atoms with Gasteiger partial charge in [0.25, 0.3) is 0 Å². The van der Waals surface area contributed by atoms with Crippen LogP contribution in [0, 0.1) is 13.8 Å². The van der Waals surface area contributed by atoms with Crippen LogP contribution in [0.2, 0.25) is 0 Å². The van der Waals surface area contributed by atoms with Gasteiger partial charge in [-0.1, -0.05) is 6.07 Å². The second-order valence-electron chi connectivity index (χ2n) is 5.52. The number of benzene rings is 1. The van der Waals surface area contributed by atoms with Crippen molar-refractivity contribution in [2.45, 2.75) is 38.6 Å². The lowest BCUT2D eigenvalue weighted by molar-refractivity contribution is -0.123. The van der Waals surface area contributed by atoms with Crippen LogP contribution in [-0.4, -0.2) is 32.7 Å². The first kappa shape index (κ1) is 14.9. The minimum absolute atomic E-state index is 0.0811. The van der Waals surface area contributed by atoms with Crippen LogP contribution in [0.25, 0.3) is 0 Å². The molecule has 2 N–H and O–H groups in total. The number of rotatable bonds is 3. The predicted octanol–water partition coefficient (Wildman–Crippen LogP) is 1.89. The topological polar surface area (TPSA) is 50.4 Å². The lowest BCUT2D eigenvalue weighted by Crippen LogP contribution is -2.47. The number of ether oxygens (including phenoxy) is 1. The number of aryl methyl sites for hydroxylation is 2. The van der Waals surface area contributed by atoms with Gasteiger partial charge >= 0.3 is 0 Å². The number of carbonyl (C=O) groups excluding carboxylic acids is 1. The summed E-state index contributed by atoms with van der Waals surface area (Å²) in [5.74, 6) is 1.45. The van der Waals surface area contributed by atoms with Crippen molar-refractivity contribution in [3.63, 3.8) is 0 Å². The summed E-state index contributed by atoms with van der Waals surface area (Å²) in [4.78, 5) is 11.8. The fraction of sp³-hybridized carbons (Fsp3) is 0.562. The molecular formula is C16H24N2O2. The van der Waals surface area contributed by atoms with Gasteiger partial charge in [0.2, 0.25) is 5.91 Å². The first-order valence-corrected chi connectivity index (χ1v) is 7.17. The molecule has 0 aromatic heterocycles. The molecule has 1 aliphatic rings. The highest BCUT2D eigenvalue weighted by Crippen LogP contribution is 2.33. The number of hydrogen-bond donors (Lipinski definition) is 2. The SMILES string of the molecule is CNC(=O)C1CC(c2cc(C)c(OC)cc2C)CCN1. The molecule has 20 heavy (non-hydrogen) atoms. The molecular weight excluding hydrogens is 252 g/mol. The Labute approximate surface area is 120 Å². The molecule has 1 saturated heterocycles. The van der Waals surface area contributed by atoms with Crippen molar-refractivity contribution in [3.8, 4) is 5.75 Å². The predicted molar refractivity (Wildman–Crippen MR) is 80.3 cm³/mol. The average Bonchev–Trinajstić information content (AvgIpc) is 2.48. The van der Waals surface area contributed by atoms with E-state index in [0.29, 0.717) is 5.92 Å². The van der Waals surface area contributed by atoms with Gasteiger partial charge in [0.15, 0.2) is 0 Å². The van der Waals surface area contributed by atoms with Crippen molar-refractivity contribution in [3.05, 3.63) is 28.8 Å². The van der Waals surface area contributed by atoms with Gasteiger partial charge in [0, 0.05) is 7.05 Å². The largest absolute Gasteiger partial charge is 0.496 e. The summed E-state index contributed by atoms with van der Waals surface area (Å²) in [6.07, 6.45) is 1.92. The van der Waals surface area contributed by atoms with E-state index in [9.17, 15) is 4.79 Å². The number of likely N-dealkylation sites (N-methyl/N-ethyl adjacent to an activating group) is 1. The molecule has 0 aliphatic carbocycles. The minimum atomic E-state index is -0.0828. The number of hydrogen-bond acceptors (Lipinski definition) is 3. The Morgan fingerprint density at radius 2 is 2.10 bits per heavy atom. The summed E-state index contributed by atoms with van der Waals surface area (Å²) >= 11 is 0. The molecule has 1 aromatic carbocycles. The molecule has 1 aliphatic heterocycles. The van der Waals surface area contributed by atoms with E-state index in [0.717, 1.165) is 30.7 Å². The quantitative estimate of drug-likeness (QED) is 0.886. The van der Waals surface area contributed by atoms with E-state index in [-0.39, 0.29) is 11.9 Å². The molecule has 1 heterocycles. The lowest BCUT2D eigenvalue weighted by Gasteiger charge is -2.30. The second-order valence-corrected chi connectivity index (χ2v) is 5.52. The van der Waals surface area contributed by atoms with Crippen molar-refractivity contribution in [2.24, 2.45) is 0 Å². The normalized spacial score (nSPS) is 22.4. The molecule has 2 unspecified atom stereocenters. The third-order valence-corrected chi connectivity index (χ3v) is 4.19. The molecule has 0 saturated carbocycles. The zero-order valence-electron chi connectivity index (χ0n) is 12.7. The Balaban J connectivity index is 2.23. The van der Waals surface area contributed by atoms with Crippen molar-refractivity contribution < 1.29 is 9.53 Å². The van der Waals surface area contributed by atoms with Crippen LogP contribution in [0.15, 0.2) is 12.1 Å². The van der Waals surface area contributed by atoms with Crippen LogP contribution in [-0.2, 0) is 4.79 Å². The van der Waals surface area contributed by atoms with E-state index in [1.54, 1.807) is 14.2 Å². The fourth-order valence-corrected chi connectivity index (χ4v) is 3.05. The summed E-state index contributed by atoms with van der Waals surface area (Å²) in [7, 11) is 3.39. The fourth-order valence-electron chi connectivity index (χ4n) is 3.05. The van der Waals surface area contributed by atoms with E-state index in [1.165, 1.54) is 11.1 Å². The Bertz CT molecular complexity index is 499. The van der Waals surface area contributed by atoms with Crippen molar-refractivity contribution in [2.75, 3.05) is 20.7 Å². The van der Waals surface area contributed by atoms with Gasteiger partial charge in [-0.25, -0.2) is 0 Å². The van der Waals surface area contributed by atoms with Gasteiger partial charge < -0.3 is 15.4 Å². The van der Waals surface area contributed by atoms with Crippen LogP contribution >= 0.6 is 0 Å².